The van der Waals surface area contributed by atoms with Crippen LogP contribution in [0.1, 0.15) is 26.2 Å². The number of rotatable bonds is 4. The predicted molar refractivity (Wildman–Crippen MR) is 44.5 cm³/mol. The van der Waals surface area contributed by atoms with E-state index in [-0.39, 0.29) is 29.7 Å². The zero-order chi connectivity index (χ0) is 7.33. The quantitative estimate of drug-likeness (QED) is 0.450. The van der Waals surface area contributed by atoms with Crippen LogP contribution in [-0.2, 0) is 10.1 Å². The Balaban J connectivity index is 0. The van der Waals surface area contributed by atoms with Crippen molar-refractivity contribution in [2.75, 3.05) is 5.75 Å². The van der Waals surface area contributed by atoms with Crippen LogP contribution in [0.2, 0.25) is 0 Å². The summed E-state index contributed by atoms with van der Waals surface area (Å²) >= 11 is 0. The van der Waals surface area contributed by atoms with Crippen molar-refractivity contribution >= 4 is 34.0 Å². The molecular weight excluding hydrogens is 259 g/mol. The van der Waals surface area contributed by atoms with Crippen LogP contribution in [0.15, 0.2) is 0 Å². The van der Waals surface area contributed by atoms with E-state index in [9.17, 15) is 8.42 Å². The van der Waals surface area contributed by atoms with Crippen LogP contribution in [0.3, 0.4) is 0 Å². The summed E-state index contributed by atoms with van der Waals surface area (Å²) in [5.41, 5.74) is 0. The fourth-order valence-electron chi connectivity index (χ4n) is 0.534. The SMILES string of the molecule is CCCCCS(=O)(=O)O.[SnH2]. The summed E-state index contributed by atoms with van der Waals surface area (Å²) < 4.78 is 28.3. The van der Waals surface area contributed by atoms with E-state index < -0.39 is 10.1 Å². The molecule has 0 aromatic heterocycles. The van der Waals surface area contributed by atoms with Crippen LogP contribution < -0.4 is 0 Å². The second-order valence-electron chi connectivity index (χ2n) is 1.99. The minimum absolute atomic E-state index is 0. The van der Waals surface area contributed by atoms with Crippen molar-refractivity contribution < 1.29 is 13.0 Å². The van der Waals surface area contributed by atoms with Crippen molar-refractivity contribution in [1.82, 2.24) is 0 Å². The summed E-state index contributed by atoms with van der Waals surface area (Å²) in [6.45, 7) is 1.98. The maximum absolute atomic E-state index is 10.1. The molecule has 0 fully saturated rings. The van der Waals surface area contributed by atoms with Gasteiger partial charge in [-0.25, -0.2) is 0 Å². The van der Waals surface area contributed by atoms with E-state index in [2.05, 4.69) is 0 Å². The average molecular weight is 273 g/mol. The van der Waals surface area contributed by atoms with Gasteiger partial charge in [0.2, 0.25) is 0 Å². The first-order valence-electron chi connectivity index (χ1n) is 3.01. The molecule has 0 aromatic carbocycles. The first-order valence-corrected chi connectivity index (χ1v) is 4.62. The summed E-state index contributed by atoms with van der Waals surface area (Å²) in [6, 6.07) is 0. The molecular formula is C5H14O3SSn. The third-order valence-corrected chi connectivity index (χ3v) is 1.81. The van der Waals surface area contributed by atoms with Gasteiger partial charge in [-0.1, -0.05) is 19.8 Å². The Morgan fingerprint density at radius 3 is 2.10 bits per heavy atom. The van der Waals surface area contributed by atoms with E-state index >= 15 is 0 Å². The topological polar surface area (TPSA) is 54.4 Å². The monoisotopic (exact) mass is 274 g/mol. The van der Waals surface area contributed by atoms with E-state index in [1.54, 1.807) is 0 Å². The Bertz CT molecular complexity index is 152. The predicted octanol–water partition coefficient (Wildman–Crippen LogP) is 0.148. The summed E-state index contributed by atoms with van der Waals surface area (Å²) in [5.74, 6) is -0.0964. The first-order chi connectivity index (χ1) is 4.06. The Kier molecular flexibility index (Phi) is 8.55. The molecule has 0 spiro atoms. The molecule has 0 saturated heterocycles. The van der Waals surface area contributed by atoms with Gasteiger partial charge in [0, 0.05) is 0 Å². The standard InChI is InChI=1S/C5H12O3S.Sn.2H/c1-2-3-4-5-9(6,7)8;;;/h2-5H2,1H3,(H,6,7,8);;;. The van der Waals surface area contributed by atoms with Crippen LogP contribution in [0.4, 0.5) is 0 Å². The molecule has 0 saturated carbocycles. The van der Waals surface area contributed by atoms with Crippen LogP contribution in [0, 0.1) is 0 Å². The van der Waals surface area contributed by atoms with Crippen molar-refractivity contribution in [3.8, 4) is 0 Å². The van der Waals surface area contributed by atoms with Crippen molar-refractivity contribution in [1.29, 1.82) is 0 Å². The molecule has 1 N–H and O–H groups in total. The summed E-state index contributed by atoms with van der Waals surface area (Å²) in [7, 11) is -3.70. The third kappa shape index (κ3) is 11.5. The van der Waals surface area contributed by atoms with Crippen molar-refractivity contribution in [3.05, 3.63) is 0 Å². The normalized spacial score (nSPS) is 10.6. The minimum atomic E-state index is -3.70. The van der Waals surface area contributed by atoms with E-state index in [0.29, 0.717) is 6.42 Å². The molecule has 5 heteroatoms. The molecule has 0 unspecified atom stereocenters. The van der Waals surface area contributed by atoms with Gasteiger partial charge in [0.1, 0.15) is 0 Å². The fraction of sp³-hybridized carbons (Fsp3) is 1.00. The zero-order valence-electron chi connectivity index (χ0n) is 6.21. The molecule has 10 heavy (non-hydrogen) atoms. The Hall–Kier alpha value is 0.709. The van der Waals surface area contributed by atoms with Crippen LogP contribution in [0.5, 0.6) is 0 Å². The molecule has 0 heterocycles. The van der Waals surface area contributed by atoms with Gasteiger partial charge in [0.05, 0.1) is 5.75 Å². The molecule has 0 bridgehead atoms. The van der Waals surface area contributed by atoms with Gasteiger partial charge in [-0.15, -0.1) is 0 Å². The second kappa shape index (κ2) is 6.42. The molecule has 0 aliphatic carbocycles. The van der Waals surface area contributed by atoms with Crippen molar-refractivity contribution in [2.45, 2.75) is 26.2 Å². The van der Waals surface area contributed by atoms with Crippen LogP contribution in [-0.4, -0.2) is 42.6 Å². The fourth-order valence-corrected chi connectivity index (χ4v) is 1.10. The maximum atomic E-state index is 10.1. The van der Waals surface area contributed by atoms with Crippen molar-refractivity contribution in [3.63, 3.8) is 0 Å². The Labute approximate surface area is 78.9 Å². The molecule has 0 aliphatic heterocycles. The van der Waals surface area contributed by atoms with Gasteiger partial charge in [0.25, 0.3) is 10.1 Å². The van der Waals surface area contributed by atoms with E-state index in [0.717, 1.165) is 12.8 Å². The van der Waals surface area contributed by atoms with Gasteiger partial charge in [-0.3, -0.25) is 4.55 Å². The van der Waals surface area contributed by atoms with E-state index in [4.69, 9.17) is 4.55 Å². The van der Waals surface area contributed by atoms with Gasteiger partial charge in [-0.05, 0) is 6.42 Å². The summed E-state index contributed by atoms with van der Waals surface area (Å²) in [4.78, 5) is 0. The summed E-state index contributed by atoms with van der Waals surface area (Å²) in [5, 5.41) is 0. The molecule has 0 amide bonds. The number of hydrogen-bond acceptors (Lipinski definition) is 2. The Morgan fingerprint density at radius 2 is 1.80 bits per heavy atom. The van der Waals surface area contributed by atoms with E-state index in [1.807, 2.05) is 6.92 Å². The summed E-state index contributed by atoms with van der Waals surface area (Å²) in [6.07, 6.45) is 2.39. The zero-order valence-corrected chi connectivity index (χ0v) is 11.1. The molecule has 62 valence electrons. The Morgan fingerprint density at radius 1 is 1.30 bits per heavy atom. The van der Waals surface area contributed by atoms with Crippen LogP contribution in [0.25, 0.3) is 0 Å². The average Bonchev–Trinajstić information content (AvgIpc) is 1.63. The third-order valence-electron chi connectivity index (χ3n) is 1.01. The first kappa shape index (κ1) is 13.3. The number of hydrogen-bond donors (Lipinski definition) is 1. The molecule has 0 rings (SSSR count). The number of unbranched alkanes of at least 4 members (excludes halogenated alkanes) is 2. The van der Waals surface area contributed by atoms with Gasteiger partial charge in [0.15, 0.2) is 0 Å². The molecule has 0 atom stereocenters. The molecule has 0 aliphatic rings. The van der Waals surface area contributed by atoms with Gasteiger partial charge >= 0.3 is 23.9 Å². The van der Waals surface area contributed by atoms with Crippen LogP contribution >= 0.6 is 0 Å². The molecule has 3 nitrogen and oxygen atoms in total. The van der Waals surface area contributed by atoms with E-state index in [1.165, 1.54) is 0 Å². The second-order valence-corrected chi connectivity index (χ2v) is 3.57. The molecule has 2 radical (unpaired) electrons. The van der Waals surface area contributed by atoms with Gasteiger partial charge in [-0.2, -0.15) is 8.42 Å². The van der Waals surface area contributed by atoms with Gasteiger partial charge < -0.3 is 0 Å². The molecule has 0 aromatic rings. The van der Waals surface area contributed by atoms with Crippen molar-refractivity contribution in [2.24, 2.45) is 0 Å².